The van der Waals surface area contributed by atoms with E-state index in [-0.39, 0.29) is 12.5 Å². The topological polar surface area (TPSA) is 75.6 Å². The lowest BCUT2D eigenvalue weighted by molar-refractivity contribution is -0.140. The molecule has 1 unspecified atom stereocenters. The summed E-state index contributed by atoms with van der Waals surface area (Å²) in [5.74, 6) is -1.49. The minimum atomic E-state index is -1.10. The monoisotopic (exact) mass is 265 g/mol. The maximum absolute atomic E-state index is 12.1. The maximum atomic E-state index is 12.1. The zero-order valence-corrected chi connectivity index (χ0v) is 11.2. The summed E-state index contributed by atoms with van der Waals surface area (Å²) in [6.45, 7) is 4.09. The molecule has 19 heavy (non-hydrogen) atoms. The van der Waals surface area contributed by atoms with E-state index < -0.39 is 12.0 Å². The van der Waals surface area contributed by atoms with E-state index in [1.165, 1.54) is 0 Å². The summed E-state index contributed by atoms with van der Waals surface area (Å²) in [5, 5.41) is 11.5. The number of aryl methyl sites for hydroxylation is 1. The maximum Gasteiger partial charge on any atom is 0.328 e. The van der Waals surface area contributed by atoms with Crippen LogP contribution in [0, 0.1) is 0 Å². The standard InChI is InChI=1S/C14H19NO4/c1-3-10-7-5-6-8-11(10)13(16)15-12(14(17)18)9-19-4-2/h5-8,12H,3-4,9H2,1-2H3,(H,15,16)(H,17,18). The van der Waals surface area contributed by atoms with Crippen molar-refractivity contribution in [3.63, 3.8) is 0 Å². The van der Waals surface area contributed by atoms with E-state index in [4.69, 9.17) is 9.84 Å². The number of carbonyl (C=O) groups is 2. The van der Waals surface area contributed by atoms with Crippen LogP contribution in [-0.2, 0) is 16.0 Å². The molecule has 0 heterocycles. The lowest BCUT2D eigenvalue weighted by Gasteiger charge is -2.15. The molecule has 0 saturated heterocycles. The quantitative estimate of drug-likeness (QED) is 0.782. The van der Waals surface area contributed by atoms with Crippen LogP contribution in [0.15, 0.2) is 24.3 Å². The summed E-state index contributed by atoms with van der Waals surface area (Å²) in [4.78, 5) is 23.1. The van der Waals surface area contributed by atoms with Gasteiger partial charge in [0.05, 0.1) is 6.61 Å². The van der Waals surface area contributed by atoms with Gasteiger partial charge in [0.2, 0.25) is 0 Å². The summed E-state index contributed by atoms with van der Waals surface area (Å²) < 4.78 is 5.05. The molecular weight excluding hydrogens is 246 g/mol. The van der Waals surface area contributed by atoms with Crippen molar-refractivity contribution >= 4 is 11.9 Å². The molecule has 0 radical (unpaired) electrons. The van der Waals surface area contributed by atoms with Gasteiger partial charge in [-0.3, -0.25) is 4.79 Å². The van der Waals surface area contributed by atoms with Crippen LogP contribution in [0.3, 0.4) is 0 Å². The van der Waals surface area contributed by atoms with Crippen molar-refractivity contribution < 1.29 is 19.4 Å². The highest BCUT2D eigenvalue weighted by Gasteiger charge is 2.21. The molecule has 0 saturated carbocycles. The first kappa shape index (κ1) is 15.2. The molecule has 0 aliphatic carbocycles. The molecule has 2 N–H and O–H groups in total. The highest BCUT2D eigenvalue weighted by Crippen LogP contribution is 2.09. The van der Waals surface area contributed by atoms with Gasteiger partial charge in [-0.15, -0.1) is 0 Å². The SMILES string of the molecule is CCOCC(NC(=O)c1ccccc1CC)C(=O)O. The highest BCUT2D eigenvalue weighted by molar-refractivity contribution is 5.97. The van der Waals surface area contributed by atoms with Gasteiger partial charge in [0.15, 0.2) is 6.04 Å². The Morgan fingerprint density at radius 2 is 2.00 bits per heavy atom. The molecule has 0 aliphatic rings. The first-order valence-corrected chi connectivity index (χ1v) is 6.29. The van der Waals surface area contributed by atoms with E-state index in [0.717, 1.165) is 5.56 Å². The van der Waals surface area contributed by atoms with Gasteiger partial charge in [0.25, 0.3) is 5.91 Å². The molecule has 0 aliphatic heterocycles. The minimum Gasteiger partial charge on any atom is -0.480 e. The number of hydrogen-bond donors (Lipinski definition) is 2. The molecule has 1 atom stereocenters. The van der Waals surface area contributed by atoms with Crippen molar-refractivity contribution in [3.05, 3.63) is 35.4 Å². The fourth-order valence-corrected chi connectivity index (χ4v) is 1.70. The zero-order valence-electron chi connectivity index (χ0n) is 11.2. The summed E-state index contributed by atoms with van der Waals surface area (Å²) in [6, 6.07) is 6.12. The van der Waals surface area contributed by atoms with Crippen molar-refractivity contribution in [3.8, 4) is 0 Å². The number of amides is 1. The normalized spacial score (nSPS) is 11.9. The third kappa shape index (κ3) is 4.37. The first-order chi connectivity index (χ1) is 9.10. The second-order valence-electron chi connectivity index (χ2n) is 4.03. The van der Waals surface area contributed by atoms with Gasteiger partial charge in [-0.2, -0.15) is 0 Å². The number of ether oxygens (including phenoxy) is 1. The molecule has 1 aromatic carbocycles. The van der Waals surface area contributed by atoms with E-state index >= 15 is 0 Å². The van der Waals surface area contributed by atoms with Gasteiger partial charge in [-0.05, 0) is 25.0 Å². The van der Waals surface area contributed by atoms with Crippen LogP contribution in [0.25, 0.3) is 0 Å². The second kappa shape index (κ2) is 7.53. The molecule has 0 fully saturated rings. The van der Waals surface area contributed by atoms with Gasteiger partial charge in [0.1, 0.15) is 0 Å². The number of nitrogens with one attached hydrogen (secondary N) is 1. The van der Waals surface area contributed by atoms with E-state index in [9.17, 15) is 9.59 Å². The van der Waals surface area contributed by atoms with Crippen LogP contribution < -0.4 is 5.32 Å². The smallest absolute Gasteiger partial charge is 0.328 e. The van der Waals surface area contributed by atoms with Crippen LogP contribution in [0.5, 0.6) is 0 Å². The Balaban J connectivity index is 2.78. The molecule has 5 heteroatoms. The van der Waals surface area contributed by atoms with Crippen molar-refractivity contribution in [2.24, 2.45) is 0 Å². The number of hydrogen-bond acceptors (Lipinski definition) is 3. The Morgan fingerprint density at radius 1 is 1.32 bits per heavy atom. The summed E-state index contributed by atoms with van der Waals surface area (Å²) in [6.07, 6.45) is 0.715. The second-order valence-corrected chi connectivity index (χ2v) is 4.03. The van der Waals surface area contributed by atoms with E-state index in [1.54, 1.807) is 19.1 Å². The minimum absolute atomic E-state index is 0.0358. The fraction of sp³-hybridized carbons (Fsp3) is 0.429. The van der Waals surface area contributed by atoms with Crippen molar-refractivity contribution in [1.82, 2.24) is 5.32 Å². The van der Waals surface area contributed by atoms with Crippen LogP contribution in [0.2, 0.25) is 0 Å². The lowest BCUT2D eigenvalue weighted by Crippen LogP contribution is -2.44. The number of rotatable bonds is 7. The first-order valence-electron chi connectivity index (χ1n) is 6.29. The van der Waals surface area contributed by atoms with Gasteiger partial charge >= 0.3 is 5.97 Å². The number of carbonyl (C=O) groups excluding carboxylic acids is 1. The van der Waals surface area contributed by atoms with E-state index in [2.05, 4.69) is 5.32 Å². The predicted molar refractivity (Wildman–Crippen MR) is 71.2 cm³/mol. The molecule has 0 bridgehead atoms. The predicted octanol–water partition coefficient (Wildman–Crippen LogP) is 1.47. The molecule has 5 nitrogen and oxygen atoms in total. The molecule has 0 spiro atoms. The Morgan fingerprint density at radius 3 is 2.58 bits per heavy atom. The zero-order chi connectivity index (χ0) is 14.3. The number of carboxylic acid groups (broad SMARTS) is 1. The third-order valence-electron chi connectivity index (χ3n) is 2.73. The van der Waals surface area contributed by atoms with Gasteiger partial charge in [0, 0.05) is 12.2 Å². The lowest BCUT2D eigenvalue weighted by atomic mass is 10.0. The largest absolute Gasteiger partial charge is 0.480 e. The third-order valence-corrected chi connectivity index (χ3v) is 2.73. The number of carboxylic acids is 1. The Kier molecular flexibility index (Phi) is 6.02. The average molecular weight is 265 g/mol. The fourth-order valence-electron chi connectivity index (χ4n) is 1.70. The van der Waals surface area contributed by atoms with E-state index in [0.29, 0.717) is 18.6 Å². The van der Waals surface area contributed by atoms with Crippen LogP contribution in [0.4, 0.5) is 0 Å². The molecule has 104 valence electrons. The highest BCUT2D eigenvalue weighted by atomic mass is 16.5. The summed E-state index contributed by atoms with van der Waals surface area (Å²) in [5.41, 5.74) is 1.40. The molecule has 1 aromatic rings. The molecular formula is C14H19NO4. The van der Waals surface area contributed by atoms with Gasteiger partial charge < -0.3 is 15.2 Å². The van der Waals surface area contributed by atoms with Crippen molar-refractivity contribution in [1.29, 1.82) is 0 Å². The average Bonchev–Trinajstić information content (AvgIpc) is 2.42. The van der Waals surface area contributed by atoms with Crippen LogP contribution in [0.1, 0.15) is 29.8 Å². The van der Waals surface area contributed by atoms with Crippen LogP contribution >= 0.6 is 0 Å². The van der Waals surface area contributed by atoms with Crippen molar-refractivity contribution in [2.75, 3.05) is 13.2 Å². The van der Waals surface area contributed by atoms with Gasteiger partial charge in [-0.1, -0.05) is 25.1 Å². The molecule has 0 aromatic heterocycles. The summed E-state index contributed by atoms with van der Waals surface area (Å²) >= 11 is 0. The molecule has 1 rings (SSSR count). The Bertz CT molecular complexity index is 445. The van der Waals surface area contributed by atoms with Crippen molar-refractivity contribution in [2.45, 2.75) is 26.3 Å². The van der Waals surface area contributed by atoms with Gasteiger partial charge in [-0.25, -0.2) is 4.79 Å². The van der Waals surface area contributed by atoms with Crippen LogP contribution in [-0.4, -0.2) is 36.2 Å². The van der Waals surface area contributed by atoms with E-state index in [1.807, 2.05) is 19.1 Å². The number of benzene rings is 1. The Labute approximate surface area is 112 Å². The Hall–Kier alpha value is -1.88. The summed E-state index contributed by atoms with van der Waals surface area (Å²) in [7, 11) is 0. The number of aliphatic carboxylic acids is 1. The molecule has 1 amide bonds.